The number of carbonyl (C=O) groups excluding carboxylic acids is 1. The first kappa shape index (κ1) is 13.5. The summed E-state index contributed by atoms with van der Waals surface area (Å²) in [6, 6.07) is 16.2. The van der Waals surface area contributed by atoms with Crippen molar-refractivity contribution in [1.29, 1.82) is 0 Å². The number of carbonyl (C=O) groups is 1. The monoisotopic (exact) mass is 281 g/mol. The molecule has 2 aromatic rings. The molecule has 108 valence electrons. The fourth-order valence-corrected chi connectivity index (χ4v) is 2.63. The zero-order valence-corrected chi connectivity index (χ0v) is 12.3. The highest BCUT2D eigenvalue weighted by molar-refractivity contribution is 5.94. The summed E-state index contributed by atoms with van der Waals surface area (Å²) in [6.45, 7) is 0.939. The molecule has 0 unspecified atom stereocenters. The number of hydrogen-bond acceptors (Lipinski definition) is 2. The minimum Gasteiger partial charge on any atom is -0.339 e. The van der Waals surface area contributed by atoms with Gasteiger partial charge in [0.05, 0.1) is 11.4 Å². The van der Waals surface area contributed by atoms with Crippen molar-refractivity contribution in [3.8, 4) is 0 Å². The first-order valence-corrected chi connectivity index (χ1v) is 7.09. The van der Waals surface area contributed by atoms with Gasteiger partial charge >= 0.3 is 6.03 Å². The topological polar surface area (TPSA) is 35.6 Å². The van der Waals surface area contributed by atoms with E-state index in [4.69, 9.17) is 0 Å². The second-order valence-corrected chi connectivity index (χ2v) is 5.37. The Morgan fingerprint density at radius 1 is 1.05 bits per heavy atom. The van der Waals surface area contributed by atoms with Gasteiger partial charge < -0.3 is 15.1 Å². The molecule has 21 heavy (non-hydrogen) atoms. The molecule has 3 rings (SSSR count). The predicted octanol–water partition coefficient (Wildman–Crippen LogP) is 3.47. The van der Waals surface area contributed by atoms with Crippen molar-refractivity contribution in [2.45, 2.75) is 6.42 Å². The Kier molecular flexibility index (Phi) is 3.52. The molecule has 4 heteroatoms. The SMILES string of the molecule is CN(C)C(=O)Nc1ccccc1N1CCc2ccccc21. The number of para-hydroxylation sites is 3. The average molecular weight is 281 g/mol. The Morgan fingerprint density at radius 3 is 2.48 bits per heavy atom. The lowest BCUT2D eigenvalue weighted by molar-refractivity contribution is 0.230. The first-order chi connectivity index (χ1) is 10.2. The molecule has 0 aliphatic carbocycles. The van der Waals surface area contributed by atoms with Gasteiger partial charge in [0.1, 0.15) is 0 Å². The lowest BCUT2D eigenvalue weighted by atomic mass is 10.2. The summed E-state index contributed by atoms with van der Waals surface area (Å²) < 4.78 is 0. The molecule has 0 atom stereocenters. The number of hydrogen-bond donors (Lipinski definition) is 1. The van der Waals surface area contributed by atoms with Crippen LogP contribution in [0.15, 0.2) is 48.5 Å². The van der Waals surface area contributed by atoms with Gasteiger partial charge in [0.15, 0.2) is 0 Å². The van der Waals surface area contributed by atoms with E-state index in [1.807, 2.05) is 24.3 Å². The number of fused-ring (bicyclic) bond motifs is 1. The Hall–Kier alpha value is -2.49. The Bertz CT molecular complexity index is 667. The lowest BCUT2D eigenvalue weighted by Gasteiger charge is -2.23. The quantitative estimate of drug-likeness (QED) is 0.914. The van der Waals surface area contributed by atoms with E-state index in [1.54, 1.807) is 14.1 Å². The van der Waals surface area contributed by atoms with Crippen LogP contribution >= 0.6 is 0 Å². The van der Waals surface area contributed by atoms with E-state index in [1.165, 1.54) is 16.2 Å². The molecule has 4 nitrogen and oxygen atoms in total. The van der Waals surface area contributed by atoms with Crippen molar-refractivity contribution in [3.05, 3.63) is 54.1 Å². The van der Waals surface area contributed by atoms with Gasteiger partial charge in [-0.15, -0.1) is 0 Å². The Morgan fingerprint density at radius 2 is 1.71 bits per heavy atom. The second-order valence-electron chi connectivity index (χ2n) is 5.37. The van der Waals surface area contributed by atoms with Crippen LogP contribution in [0.5, 0.6) is 0 Å². The molecule has 0 saturated carbocycles. The van der Waals surface area contributed by atoms with Gasteiger partial charge in [-0.05, 0) is 30.2 Å². The minimum absolute atomic E-state index is 0.116. The van der Waals surface area contributed by atoms with Gasteiger partial charge in [-0.2, -0.15) is 0 Å². The molecule has 0 radical (unpaired) electrons. The van der Waals surface area contributed by atoms with Gasteiger partial charge in [0.2, 0.25) is 0 Å². The van der Waals surface area contributed by atoms with E-state index < -0.39 is 0 Å². The van der Waals surface area contributed by atoms with Crippen molar-refractivity contribution in [3.63, 3.8) is 0 Å². The van der Waals surface area contributed by atoms with Crippen LogP contribution in [0.1, 0.15) is 5.56 Å². The number of amides is 2. The number of nitrogens with zero attached hydrogens (tertiary/aromatic N) is 2. The molecule has 0 fully saturated rings. The average Bonchev–Trinajstić information content (AvgIpc) is 2.91. The summed E-state index contributed by atoms with van der Waals surface area (Å²) in [5, 5.41) is 2.96. The highest BCUT2D eigenvalue weighted by Crippen LogP contribution is 2.38. The zero-order valence-electron chi connectivity index (χ0n) is 12.3. The molecule has 1 aliphatic rings. The number of benzene rings is 2. The summed E-state index contributed by atoms with van der Waals surface area (Å²) in [5.74, 6) is 0. The van der Waals surface area contributed by atoms with Crippen molar-refractivity contribution >= 4 is 23.1 Å². The molecule has 0 aromatic heterocycles. The highest BCUT2D eigenvalue weighted by Gasteiger charge is 2.22. The van der Waals surface area contributed by atoms with Crippen molar-refractivity contribution in [2.75, 3.05) is 30.9 Å². The van der Waals surface area contributed by atoms with Crippen LogP contribution in [-0.2, 0) is 6.42 Å². The first-order valence-electron chi connectivity index (χ1n) is 7.09. The van der Waals surface area contributed by atoms with E-state index >= 15 is 0 Å². The molecule has 2 aromatic carbocycles. The number of anilines is 3. The van der Waals surface area contributed by atoms with Crippen LogP contribution in [-0.4, -0.2) is 31.6 Å². The number of urea groups is 1. The van der Waals surface area contributed by atoms with E-state index in [2.05, 4.69) is 34.5 Å². The fourth-order valence-electron chi connectivity index (χ4n) is 2.63. The van der Waals surface area contributed by atoms with Gasteiger partial charge in [-0.25, -0.2) is 4.79 Å². The second kappa shape index (κ2) is 5.48. The molecule has 0 bridgehead atoms. The van der Waals surface area contributed by atoms with E-state index in [-0.39, 0.29) is 6.03 Å². The maximum Gasteiger partial charge on any atom is 0.321 e. The van der Waals surface area contributed by atoms with Crippen LogP contribution in [0.3, 0.4) is 0 Å². The van der Waals surface area contributed by atoms with Crippen molar-refractivity contribution in [2.24, 2.45) is 0 Å². The van der Waals surface area contributed by atoms with Gasteiger partial charge in [0, 0.05) is 26.3 Å². The Labute approximate surface area is 125 Å². The predicted molar refractivity (Wildman–Crippen MR) is 86.3 cm³/mol. The van der Waals surface area contributed by atoms with Crippen LogP contribution in [0.2, 0.25) is 0 Å². The summed E-state index contributed by atoms with van der Waals surface area (Å²) in [4.78, 5) is 15.7. The molecular weight excluding hydrogens is 262 g/mol. The van der Waals surface area contributed by atoms with E-state index in [0.29, 0.717) is 0 Å². The third-order valence-corrected chi connectivity index (χ3v) is 3.73. The summed E-state index contributed by atoms with van der Waals surface area (Å²) in [6.07, 6.45) is 1.03. The molecule has 1 heterocycles. The summed E-state index contributed by atoms with van der Waals surface area (Å²) in [7, 11) is 3.48. The number of nitrogens with one attached hydrogen (secondary N) is 1. The van der Waals surface area contributed by atoms with Crippen LogP contribution in [0.4, 0.5) is 21.9 Å². The summed E-state index contributed by atoms with van der Waals surface area (Å²) in [5.41, 5.74) is 4.46. The van der Waals surface area contributed by atoms with Crippen LogP contribution in [0.25, 0.3) is 0 Å². The molecule has 1 N–H and O–H groups in total. The molecule has 0 saturated heterocycles. The molecule has 0 spiro atoms. The van der Waals surface area contributed by atoms with E-state index in [0.717, 1.165) is 24.3 Å². The van der Waals surface area contributed by atoms with Crippen LogP contribution < -0.4 is 10.2 Å². The maximum atomic E-state index is 11.9. The largest absolute Gasteiger partial charge is 0.339 e. The molecule has 2 amide bonds. The lowest BCUT2D eigenvalue weighted by Crippen LogP contribution is -2.28. The fraction of sp³-hybridized carbons (Fsp3) is 0.235. The standard InChI is InChI=1S/C17H19N3O/c1-19(2)17(21)18-14-8-4-6-10-16(14)20-12-11-13-7-3-5-9-15(13)20/h3-10H,11-12H2,1-2H3,(H,18,21). The third kappa shape index (κ3) is 2.57. The van der Waals surface area contributed by atoms with Gasteiger partial charge in [-0.3, -0.25) is 0 Å². The Balaban J connectivity index is 1.95. The molecule has 1 aliphatic heterocycles. The zero-order chi connectivity index (χ0) is 14.8. The van der Waals surface area contributed by atoms with Gasteiger partial charge in [-0.1, -0.05) is 30.3 Å². The smallest absolute Gasteiger partial charge is 0.321 e. The third-order valence-electron chi connectivity index (χ3n) is 3.73. The molecular formula is C17H19N3O. The van der Waals surface area contributed by atoms with Crippen molar-refractivity contribution in [1.82, 2.24) is 4.90 Å². The minimum atomic E-state index is -0.116. The van der Waals surface area contributed by atoms with Crippen LogP contribution in [0, 0.1) is 0 Å². The maximum absolute atomic E-state index is 11.9. The van der Waals surface area contributed by atoms with E-state index in [9.17, 15) is 4.79 Å². The summed E-state index contributed by atoms with van der Waals surface area (Å²) >= 11 is 0. The normalized spacial score (nSPS) is 13.0. The number of rotatable bonds is 2. The highest BCUT2D eigenvalue weighted by atomic mass is 16.2. The van der Waals surface area contributed by atoms with Gasteiger partial charge in [0.25, 0.3) is 0 Å². The van der Waals surface area contributed by atoms with Crippen molar-refractivity contribution < 1.29 is 4.79 Å².